The third-order valence-electron chi connectivity index (χ3n) is 4.82. The molecule has 0 N–H and O–H groups in total. The van der Waals surface area contributed by atoms with Gasteiger partial charge in [-0.05, 0) is 50.5 Å². The first kappa shape index (κ1) is 18.0. The fraction of sp³-hybridized carbons (Fsp3) is 0.474. The summed E-state index contributed by atoms with van der Waals surface area (Å²) in [6.45, 7) is 6.08. The standard InChI is InChI=1S/C19H27N3O2/c1-13-18(15(3)22(5)20-13)11-12-19(23)21(4)14(2)16-7-9-17(24-6)10-8-16/h7-10,14H,11-12H2,1-6H3. The lowest BCUT2D eigenvalue weighted by Crippen LogP contribution is -2.29. The van der Waals surface area contributed by atoms with E-state index >= 15 is 0 Å². The maximum absolute atomic E-state index is 12.6. The summed E-state index contributed by atoms with van der Waals surface area (Å²) in [5.41, 5.74) is 4.41. The Bertz CT molecular complexity index is 704. The molecule has 0 aliphatic heterocycles. The lowest BCUT2D eigenvalue weighted by atomic mass is 10.0. The number of hydrogen-bond donors (Lipinski definition) is 0. The summed E-state index contributed by atoms with van der Waals surface area (Å²) in [7, 11) is 5.45. The number of methoxy groups -OCH3 is 1. The molecule has 1 atom stereocenters. The summed E-state index contributed by atoms with van der Waals surface area (Å²) in [5.74, 6) is 0.962. The molecule has 0 aliphatic carbocycles. The van der Waals surface area contributed by atoms with Gasteiger partial charge in [0.25, 0.3) is 0 Å². The Kier molecular flexibility index (Phi) is 5.65. The van der Waals surface area contributed by atoms with E-state index < -0.39 is 0 Å². The molecule has 1 aromatic heterocycles. The highest BCUT2D eigenvalue weighted by Crippen LogP contribution is 2.23. The smallest absolute Gasteiger partial charge is 0.223 e. The topological polar surface area (TPSA) is 47.4 Å². The van der Waals surface area contributed by atoms with Crippen molar-refractivity contribution in [2.24, 2.45) is 7.05 Å². The lowest BCUT2D eigenvalue weighted by molar-refractivity contribution is -0.131. The van der Waals surface area contributed by atoms with E-state index in [1.807, 2.05) is 68.7 Å². The molecule has 1 aromatic carbocycles. The number of benzene rings is 1. The zero-order chi connectivity index (χ0) is 17.9. The molecule has 1 heterocycles. The summed E-state index contributed by atoms with van der Waals surface area (Å²) in [5, 5.41) is 4.41. The van der Waals surface area contributed by atoms with Gasteiger partial charge in [0.2, 0.25) is 5.91 Å². The van der Waals surface area contributed by atoms with Gasteiger partial charge in [-0.2, -0.15) is 5.10 Å². The van der Waals surface area contributed by atoms with Crippen molar-refractivity contribution >= 4 is 5.91 Å². The predicted octanol–water partition coefficient (Wildman–Crippen LogP) is 3.20. The molecule has 0 radical (unpaired) electrons. The quantitative estimate of drug-likeness (QED) is 0.818. The van der Waals surface area contributed by atoms with Gasteiger partial charge in [-0.1, -0.05) is 12.1 Å². The largest absolute Gasteiger partial charge is 0.497 e. The van der Waals surface area contributed by atoms with E-state index in [0.29, 0.717) is 6.42 Å². The first-order valence-electron chi connectivity index (χ1n) is 8.23. The molecule has 0 saturated carbocycles. The first-order valence-corrected chi connectivity index (χ1v) is 8.23. The van der Waals surface area contributed by atoms with Crippen LogP contribution in [0.5, 0.6) is 5.75 Å². The number of carbonyl (C=O) groups excluding carboxylic acids is 1. The van der Waals surface area contributed by atoms with Crippen LogP contribution in [0.2, 0.25) is 0 Å². The molecule has 2 aromatic rings. The minimum atomic E-state index is 0.0273. The summed E-state index contributed by atoms with van der Waals surface area (Å²) < 4.78 is 7.05. The van der Waals surface area contributed by atoms with Crippen molar-refractivity contribution in [3.63, 3.8) is 0 Å². The van der Waals surface area contributed by atoms with Gasteiger partial charge in [0.1, 0.15) is 5.75 Å². The molecule has 0 saturated heterocycles. The van der Waals surface area contributed by atoms with Crippen LogP contribution in [0.25, 0.3) is 0 Å². The van der Waals surface area contributed by atoms with Crippen LogP contribution in [0.1, 0.15) is 41.9 Å². The molecule has 0 bridgehead atoms. The highest BCUT2D eigenvalue weighted by atomic mass is 16.5. The zero-order valence-corrected chi connectivity index (χ0v) is 15.5. The van der Waals surface area contributed by atoms with Crippen LogP contribution in [0.15, 0.2) is 24.3 Å². The Morgan fingerprint density at radius 3 is 2.42 bits per heavy atom. The van der Waals surface area contributed by atoms with Crippen LogP contribution in [0.3, 0.4) is 0 Å². The highest BCUT2D eigenvalue weighted by molar-refractivity contribution is 5.76. The number of carbonyl (C=O) groups is 1. The summed E-state index contributed by atoms with van der Waals surface area (Å²) >= 11 is 0. The molecule has 1 amide bonds. The molecule has 24 heavy (non-hydrogen) atoms. The van der Waals surface area contributed by atoms with Crippen molar-refractivity contribution < 1.29 is 9.53 Å². The molecule has 5 heteroatoms. The molecule has 2 rings (SSSR count). The van der Waals surface area contributed by atoms with Crippen LogP contribution in [0, 0.1) is 13.8 Å². The van der Waals surface area contributed by atoms with E-state index in [9.17, 15) is 4.79 Å². The fourth-order valence-electron chi connectivity index (χ4n) is 2.91. The number of ether oxygens (including phenoxy) is 1. The summed E-state index contributed by atoms with van der Waals surface area (Å²) in [6, 6.07) is 7.88. The van der Waals surface area contributed by atoms with E-state index in [0.717, 1.165) is 29.1 Å². The molecule has 130 valence electrons. The van der Waals surface area contributed by atoms with Crippen LogP contribution in [-0.4, -0.2) is 34.7 Å². The fourth-order valence-corrected chi connectivity index (χ4v) is 2.91. The molecular weight excluding hydrogens is 302 g/mol. The molecule has 0 spiro atoms. The van der Waals surface area contributed by atoms with E-state index in [2.05, 4.69) is 5.10 Å². The van der Waals surface area contributed by atoms with Crippen LogP contribution >= 0.6 is 0 Å². The van der Waals surface area contributed by atoms with Gasteiger partial charge in [0, 0.05) is 26.2 Å². The van der Waals surface area contributed by atoms with Gasteiger partial charge in [-0.15, -0.1) is 0 Å². The Hall–Kier alpha value is -2.30. The predicted molar refractivity (Wildman–Crippen MR) is 95.2 cm³/mol. The van der Waals surface area contributed by atoms with Gasteiger partial charge in [0.05, 0.1) is 18.8 Å². The first-order chi connectivity index (χ1) is 11.3. The second kappa shape index (κ2) is 7.51. The van der Waals surface area contributed by atoms with Gasteiger partial charge in [0.15, 0.2) is 0 Å². The second-order valence-electron chi connectivity index (χ2n) is 6.23. The van der Waals surface area contributed by atoms with Crippen LogP contribution in [-0.2, 0) is 18.3 Å². The average molecular weight is 329 g/mol. The van der Waals surface area contributed by atoms with E-state index in [-0.39, 0.29) is 11.9 Å². The third kappa shape index (κ3) is 3.78. The third-order valence-corrected chi connectivity index (χ3v) is 4.82. The maximum Gasteiger partial charge on any atom is 0.223 e. The van der Waals surface area contributed by atoms with Gasteiger partial charge >= 0.3 is 0 Å². The number of rotatable bonds is 6. The summed E-state index contributed by atoms with van der Waals surface area (Å²) in [4.78, 5) is 14.4. The Balaban J connectivity index is 2.00. The SMILES string of the molecule is COc1ccc(C(C)N(C)C(=O)CCc2c(C)nn(C)c2C)cc1. The molecular formula is C19H27N3O2. The lowest BCUT2D eigenvalue weighted by Gasteiger charge is -2.25. The molecule has 5 nitrogen and oxygen atoms in total. The number of aromatic nitrogens is 2. The van der Waals surface area contributed by atoms with Crippen LogP contribution < -0.4 is 4.74 Å². The Morgan fingerprint density at radius 2 is 1.92 bits per heavy atom. The normalized spacial score (nSPS) is 12.1. The van der Waals surface area contributed by atoms with Crippen molar-refractivity contribution in [2.75, 3.05) is 14.2 Å². The Morgan fingerprint density at radius 1 is 1.29 bits per heavy atom. The number of aryl methyl sites for hydroxylation is 2. The number of hydrogen-bond acceptors (Lipinski definition) is 3. The van der Waals surface area contributed by atoms with Gasteiger partial charge in [-0.3, -0.25) is 9.48 Å². The molecule has 1 unspecified atom stereocenters. The van der Waals surface area contributed by atoms with Gasteiger partial charge < -0.3 is 9.64 Å². The van der Waals surface area contributed by atoms with Gasteiger partial charge in [-0.25, -0.2) is 0 Å². The zero-order valence-electron chi connectivity index (χ0n) is 15.5. The minimum absolute atomic E-state index is 0.0273. The summed E-state index contributed by atoms with van der Waals surface area (Å²) in [6.07, 6.45) is 1.22. The van der Waals surface area contributed by atoms with Crippen molar-refractivity contribution in [1.82, 2.24) is 14.7 Å². The molecule has 0 aliphatic rings. The maximum atomic E-state index is 12.6. The van der Waals surface area contributed by atoms with Crippen molar-refractivity contribution in [1.29, 1.82) is 0 Å². The second-order valence-corrected chi connectivity index (χ2v) is 6.23. The van der Waals surface area contributed by atoms with Crippen molar-refractivity contribution in [3.05, 3.63) is 46.8 Å². The number of nitrogens with zero attached hydrogens (tertiary/aromatic N) is 3. The van der Waals surface area contributed by atoms with Crippen LogP contribution in [0.4, 0.5) is 0 Å². The minimum Gasteiger partial charge on any atom is -0.497 e. The monoisotopic (exact) mass is 329 g/mol. The Labute approximate surface area is 144 Å². The van der Waals surface area contributed by atoms with E-state index in [1.165, 1.54) is 5.56 Å². The van der Waals surface area contributed by atoms with E-state index in [4.69, 9.17) is 4.74 Å². The van der Waals surface area contributed by atoms with E-state index in [1.54, 1.807) is 7.11 Å². The highest BCUT2D eigenvalue weighted by Gasteiger charge is 2.19. The molecule has 0 fully saturated rings. The van der Waals surface area contributed by atoms with Crippen molar-refractivity contribution in [3.8, 4) is 5.75 Å². The van der Waals surface area contributed by atoms with Crippen molar-refractivity contribution in [2.45, 2.75) is 39.7 Å². The number of amides is 1. The average Bonchev–Trinajstić information content (AvgIpc) is 2.83.